The molecule has 1 aromatic rings. The molecule has 1 saturated heterocycles. The molecule has 21 heavy (non-hydrogen) atoms. The Morgan fingerprint density at radius 1 is 1.10 bits per heavy atom. The molecule has 0 bridgehead atoms. The van der Waals surface area contributed by atoms with Gasteiger partial charge in [-0.15, -0.1) is 11.6 Å². The van der Waals surface area contributed by atoms with Crippen molar-refractivity contribution in [2.75, 3.05) is 38.6 Å². The molecule has 4 nitrogen and oxygen atoms in total. The van der Waals surface area contributed by atoms with Gasteiger partial charge < -0.3 is 4.90 Å². The van der Waals surface area contributed by atoms with Crippen molar-refractivity contribution in [3.8, 4) is 0 Å². The van der Waals surface area contributed by atoms with E-state index in [-0.39, 0.29) is 0 Å². The first-order valence-electron chi connectivity index (χ1n) is 7.94. The Morgan fingerprint density at radius 2 is 1.81 bits per heavy atom. The first-order valence-corrected chi connectivity index (χ1v) is 8.85. The summed E-state index contributed by atoms with van der Waals surface area (Å²) in [5.74, 6) is 0.717. The summed E-state index contributed by atoms with van der Waals surface area (Å²) in [4.78, 5) is 4.94. The molecule has 0 radical (unpaired) electrons. The van der Waals surface area contributed by atoms with Gasteiger partial charge in [-0.05, 0) is 32.9 Å². The van der Waals surface area contributed by atoms with E-state index in [2.05, 4.69) is 33.4 Å². The number of nitrogens with zero attached hydrogens (tertiary/aromatic N) is 4. The maximum atomic E-state index is 6.51. The summed E-state index contributed by atoms with van der Waals surface area (Å²) in [5.41, 5.74) is 2.19. The molecule has 0 atom stereocenters. The van der Waals surface area contributed by atoms with Gasteiger partial charge in [-0.3, -0.25) is 9.58 Å². The summed E-state index contributed by atoms with van der Waals surface area (Å²) >= 11 is 12.4. The van der Waals surface area contributed by atoms with Gasteiger partial charge in [0.2, 0.25) is 0 Å². The summed E-state index contributed by atoms with van der Waals surface area (Å²) in [6.07, 6.45) is 2.08. The molecular formula is C15H26Cl2N4. The molecule has 0 saturated carbocycles. The minimum Gasteiger partial charge on any atom is -0.301 e. The van der Waals surface area contributed by atoms with Crippen LogP contribution >= 0.6 is 23.2 Å². The highest BCUT2D eigenvalue weighted by Crippen LogP contribution is 2.23. The van der Waals surface area contributed by atoms with Crippen molar-refractivity contribution < 1.29 is 0 Å². The number of hydrogen-bond donors (Lipinski definition) is 0. The van der Waals surface area contributed by atoms with Crippen molar-refractivity contribution >= 4 is 23.2 Å². The van der Waals surface area contributed by atoms with Gasteiger partial charge >= 0.3 is 0 Å². The zero-order valence-electron chi connectivity index (χ0n) is 13.1. The molecule has 1 aromatic heterocycles. The van der Waals surface area contributed by atoms with Crippen LogP contribution in [0.1, 0.15) is 31.7 Å². The standard InChI is InChI=1S/C15H26Cl2N4/c1-3-13-15(17)14(21(4-2)18-13)12-20-8-5-7-19(9-6-16)10-11-20/h3-12H2,1-2H3. The normalized spacial score (nSPS) is 18.1. The minimum absolute atomic E-state index is 0.717. The van der Waals surface area contributed by atoms with Crippen molar-refractivity contribution in [2.45, 2.75) is 39.8 Å². The third-order valence-electron chi connectivity index (χ3n) is 4.15. The number of halogens is 2. The average Bonchev–Trinajstić information content (AvgIpc) is 2.64. The summed E-state index contributed by atoms with van der Waals surface area (Å²) in [6, 6.07) is 0. The highest BCUT2D eigenvalue weighted by atomic mass is 35.5. The number of hydrogen-bond acceptors (Lipinski definition) is 3. The molecule has 0 aromatic carbocycles. The molecule has 1 aliphatic rings. The van der Waals surface area contributed by atoms with Gasteiger partial charge in [0, 0.05) is 38.6 Å². The fourth-order valence-electron chi connectivity index (χ4n) is 2.91. The van der Waals surface area contributed by atoms with Crippen molar-refractivity contribution in [3.05, 3.63) is 16.4 Å². The van der Waals surface area contributed by atoms with Gasteiger partial charge in [0.05, 0.1) is 16.4 Å². The topological polar surface area (TPSA) is 24.3 Å². The van der Waals surface area contributed by atoms with E-state index in [1.165, 1.54) is 12.1 Å². The van der Waals surface area contributed by atoms with Crippen LogP contribution in [0.4, 0.5) is 0 Å². The van der Waals surface area contributed by atoms with Crippen LogP contribution in [-0.4, -0.2) is 58.2 Å². The average molecular weight is 333 g/mol. The Morgan fingerprint density at radius 3 is 2.48 bits per heavy atom. The van der Waals surface area contributed by atoms with Gasteiger partial charge in [0.15, 0.2) is 0 Å². The maximum Gasteiger partial charge on any atom is 0.0863 e. The second-order valence-corrected chi connectivity index (χ2v) is 6.29. The van der Waals surface area contributed by atoms with E-state index < -0.39 is 0 Å². The van der Waals surface area contributed by atoms with Crippen LogP contribution in [0.25, 0.3) is 0 Å². The fourth-order valence-corrected chi connectivity index (χ4v) is 3.47. The second-order valence-electron chi connectivity index (χ2n) is 5.54. The molecule has 2 rings (SSSR count). The molecule has 120 valence electrons. The van der Waals surface area contributed by atoms with Crippen LogP contribution in [0.3, 0.4) is 0 Å². The van der Waals surface area contributed by atoms with Crippen LogP contribution in [0.15, 0.2) is 0 Å². The molecule has 6 heteroatoms. The third-order valence-corrected chi connectivity index (χ3v) is 4.75. The Balaban J connectivity index is 2.03. The molecule has 1 fully saturated rings. The lowest BCUT2D eigenvalue weighted by Gasteiger charge is -2.21. The van der Waals surface area contributed by atoms with E-state index in [0.717, 1.165) is 63.0 Å². The zero-order valence-corrected chi connectivity index (χ0v) is 14.6. The van der Waals surface area contributed by atoms with E-state index in [4.69, 9.17) is 23.2 Å². The Labute approximate surface area is 138 Å². The lowest BCUT2D eigenvalue weighted by atomic mass is 10.2. The highest BCUT2D eigenvalue weighted by Gasteiger charge is 2.19. The SMILES string of the molecule is CCc1nn(CC)c(CN2CCCN(CCCl)CC2)c1Cl. The van der Waals surface area contributed by atoms with Gasteiger partial charge in [-0.25, -0.2) is 0 Å². The van der Waals surface area contributed by atoms with Crippen LogP contribution in [-0.2, 0) is 19.5 Å². The van der Waals surface area contributed by atoms with Gasteiger partial charge in [-0.2, -0.15) is 5.10 Å². The van der Waals surface area contributed by atoms with Crippen LogP contribution in [0, 0.1) is 0 Å². The van der Waals surface area contributed by atoms with Crippen LogP contribution < -0.4 is 0 Å². The molecule has 0 unspecified atom stereocenters. The quantitative estimate of drug-likeness (QED) is 0.748. The zero-order chi connectivity index (χ0) is 15.2. The van der Waals surface area contributed by atoms with Crippen molar-refractivity contribution in [3.63, 3.8) is 0 Å². The fraction of sp³-hybridized carbons (Fsp3) is 0.800. The highest BCUT2D eigenvalue weighted by molar-refractivity contribution is 6.31. The molecule has 0 spiro atoms. The third kappa shape index (κ3) is 4.35. The maximum absolute atomic E-state index is 6.51. The summed E-state index contributed by atoms with van der Waals surface area (Å²) in [7, 11) is 0. The predicted octanol–water partition coefficient (Wildman–Crippen LogP) is 2.87. The van der Waals surface area contributed by atoms with Crippen molar-refractivity contribution in [1.29, 1.82) is 0 Å². The summed E-state index contributed by atoms with van der Waals surface area (Å²) in [6.45, 7) is 11.4. The first kappa shape index (κ1) is 17.1. The van der Waals surface area contributed by atoms with E-state index in [1.54, 1.807) is 0 Å². The largest absolute Gasteiger partial charge is 0.301 e. The predicted molar refractivity (Wildman–Crippen MR) is 89.3 cm³/mol. The molecule has 0 N–H and O–H groups in total. The van der Waals surface area contributed by atoms with Gasteiger partial charge in [0.25, 0.3) is 0 Å². The minimum atomic E-state index is 0.717. The summed E-state index contributed by atoms with van der Waals surface area (Å²) in [5, 5.41) is 5.47. The van der Waals surface area contributed by atoms with Gasteiger partial charge in [0.1, 0.15) is 0 Å². The van der Waals surface area contributed by atoms with Crippen molar-refractivity contribution in [1.82, 2.24) is 19.6 Å². The lowest BCUT2D eigenvalue weighted by molar-refractivity contribution is 0.252. The molecule has 0 amide bonds. The van der Waals surface area contributed by atoms with E-state index in [9.17, 15) is 0 Å². The molecule has 2 heterocycles. The number of aromatic nitrogens is 2. The Bertz CT molecular complexity index is 447. The van der Waals surface area contributed by atoms with Gasteiger partial charge in [-0.1, -0.05) is 18.5 Å². The summed E-state index contributed by atoms with van der Waals surface area (Å²) < 4.78 is 2.06. The van der Waals surface area contributed by atoms with Crippen molar-refractivity contribution in [2.24, 2.45) is 0 Å². The first-order chi connectivity index (χ1) is 10.2. The Hall–Kier alpha value is -0.290. The molecular weight excluding hydrogens is 307 g/mol. The van der Waals surface area contributed by atoms with Crippen LogP contribution in [0.2, 0.25) is 5.02 Å². The molecule has 1 aliphatic heterocycles. The number of aryl methyl sites for hydroxylation is 2. The van der Waals surface area contributed by atoms with E-state index in [1.807, 2.05) is 0 Å². The second kappa shape index (κ2) is 8.37. The number of rotatable bonds is 6. The lowest BCUT2D eigenvalue weighted by Crippen LogP contribution is -2.32. The number of alkyl halides is 1. The Kier molecular flexibility index (Phi) is 6.80. The van der Waals surface area contributed by atoms with E-state index in [0.29, 0.717) is 5.88 Å². The smallest absolute Gasteiger partial charge is 0.0863 e. The molecule has 0 aliphatic carbocycles. The van der Waals surface area contributed by atoms with E-state index >= 15 is 0 Å². The van der Waals surface area contributed by atoms with Crippen LogP contribution in [0.5, 0.6) is 0 Å². The monoisotopic (exact) mass is 332 g/mol.